The van der Waals surface area contributed by atoms with Gasteiger partial charge in [0.1, 0.15) is 5.69 Å². The predicted molar refractivity (Wildman–Crippen MR) is 71.6 cm³/mol. The van der Waals surface area contributed by atoms with Crippen LogP contribution >= 0.6 is 22.6 Å². The third-order valence-corrected chi connectivity index (χ3v) is 2.82. The molecule has 0 radical (unpaired) electrons. The monoisotopic (exact) mass is 323 g/mol. The largest absolute Gasteiger partial charge is 0.287 e. The summed E-state index contributed by atoms with van der Waals surface area (Å²) in [5.74, 6) is -0.0257. The van der Waals surface area contributed by atoms with E-state index in [0.717, 1.165) is 9.13 Å². The minimum atomic E-state index is -0.0257. The number of aryl methyl sites for hydroxylation is 1. The van der Waals surface area contributed by atoms with Crippen LogP contribution in [0.1, 0.15) is 21.6 Å². The number of pyridine rings is 1. The van der Waals surface area contributed by atoms with E-state index in [1.54, 1.807) is 18.3 Å². The van der Waals surface area contributed by atoms with Gasteiger partial charge in [-0.3, -0.25) is 9.78 Å². The van der Waals surface area contributed by atoms with Crippen LogP contribution in [0.3, 0.4) is 0 Å². The molecule has 1 heterocycles. The number of aromatic nitrogens is 1. The summed E-state index contributed by atoms with van der Waals surface area (Å²) in [5, 5.41) is 0. The van der Waals surface area contributed by atoms with Crippen molar-refractivity contribution in [1.82, 2.24) is 4.98 Å². The first-order valence-corrected chi connectivity index (χ1v) is 5.97. The zero-order valence-electron chi connectivity index (χ0n) is 8.77. The molecule has 0 aliphatic rings. The van der Waals surface area contributed by atoms with E-state index in [9.17, 15) is 4.79 Å². The van der Waals surface area contributed by atoms with Crippen LogP contribution in [0.25, 0.3) is 0 Å². The molecule has 2 nitrogen and oxygen atoms in total. The third kappa shape index (κ3) is 2.47. The molecule has 0 aliphatic carbocycles. The van der Waals surface area contributed by atoms with Crippen molar-refractivity contribution in [2.75, 3.05) is 0 Å². The van der Waals surface area contributed by atoms with Crippen LogP contribution in [-0.2, 0) is 0 Å². The summed E-state index contributed by atoms with van der Waals surface area (Å²) in [4.78, 5) is 16.1. The maximum absolute atomic E-state index is 12.1. The topological polar surface area (TPSA) is 30.0 Å². The Kier molecular flexibility index (Phi) is 3.33. The lowest BCUT2D eigenvalue weighted by Crippen LogP contribution is -2.04. The molecule has 0 saturated heterocycles. The summed E-state index contributed by atoms with van der Waals surface area (Å²) >= 11 is 2.21. The van der Waals surface area contributed by atoms with Crippen LogP contribution in [0.5, 0.6) is 0 Å². The van der Waals surface area contributed by atoms with Crippen molar-refractivity contribution in [3.63, 3.8) is 0 Å². The Morgan fingerprint density at radius 1 is 1.25 bits per heavy atom. The number of carbonyl (C=O) groups is 1. The zero-order valence-corrected chi connectivity index (χ0v) is 10.9. The summed E-state index contributed by atoms with van der Waals surface area (Å²) < 4.78 is 1.07. The Morgan fingerprint density at radius 3 is 2.69 bits per heavy atom. The lowest BCUT2D eigenvalue weighted by atomic mass is 10.1. The SMILES string of the molecule is Cc1cc(I)cc(C(=O)c2ccccn2)c1. The number of halogens is 1. The second kappa shape index (κ2) is 4.74. The molecule has 0 atom stereocenters. The van der Waals surface area contributed by atoms with E-state index in [1.807, 2.05) is 31.2 Å². The van der Waals surface area contributed by atoms with Crippen LogP contribution in [0.4, 0.5) is 0 Å². The van der Waals surface area contributed by atoms with E-state index in [2.05, 4.69) is 27.6 Å². The average molecular weight is 323 g/mol. The van der Waals surface area contributed by atoms with Crippen molar-refractivity contribution < 1.29 is 4.79 Å². The fourth-order valence-electron chi connectivity index (χ4n) is 1.51. The first-order valence-electron chi connectivity index (χ1n) is 4.90. The number of nitrogens with zero attached hydrogens (tertiary/aromatic N) is 1. The van der Waals surface area contributed by atoms with E-state index < -0.39 is 0 Å². The number of benzene rings is 1. The Bertz CT molecular complexity index is 502. The van der Waals surface area contributed by atoms with Gasteiger partial charge in [-0.05, 0) is 65.4 Å². The Labute approximate surface area is 108 Å². The Balaban J connectivity index is 2.42. The summed E-state index contributed by atoms with van der Waals surface area (Å²) in [6.45, 7) is 1.98. The van der Waals surface area contributed by atoms with E-state index in [-0.39, 0.29) is 5.78 Å². The Morgan fingerprint density at radius 2 is 2.06 bits per heavy atom. The molecular weight excluding hydrogens is 313 g/mol. The molecule has 0 spiro atoms. The summed E-state index contributed by atoms with van der Waals surface area (Å²) in [6, 6.07) is 11.2. The molecule has 1 aromatic carbocycles. The van der Waals surface area contributed by atoms with Gasteiger partial charge in [0.15, 0.2) is 0 Å². The van der Waals surface area contributed by atoms with Crippen molar-refractivity contribution in [1.29, 1.82) is 0 Å². The normalized spacial score (nSPS) is 10.1. The minimum absolute atomic E-state index is 0.0257. The van der Waals surface area contributed by atoms with E-state index in [0.29, 0.717) is 11.3 Å². The molecule has 1 aromatic heterocycles. The van der Waals surface area contributed by atoms with Crippen LogP contribution in [0.15, 0.2) is 42.6 Å². The maximum Gasteiger partial charge on any atom is 0.211 e. The van der Waals surface area contributed by atoms with Crippen LogP contribution in [-0.4, -0.2) is 10.8 Å². The Hall–Kier alpha value is -1.23. The van der Waals surface area contributed by atoms with Crippen molar-refractivity contribution in [2.45, 2.75) is 6.92 Å². The van der Waals surface area contributed by atoms with Crippen molar-refractivity contribution in [3.05, 3.63) is 63.0 Å². The van der Waals surface area contributed by atoms with Crippen LogP contribution in [0.2, 0.25) is 0 Å². The predicted octanol–water partition coefficient (Wildman–Crippen LogP) is 3.23. The van der Waals surface area contributed by atoms with Crippen molar-refractivity contribution >= 4 is 28.4 Å². The highest BCUT2D eigenvalue weighted by atomic mass is 127. The number of hydrogen-bond acceptors (Lipinski definition) is 2. The highest BCUT2D eigenvalue weighted by Crippen LogP contribution is 2.14. The second-order valence-corrected chi connectivity index (χ2v) is 4.81. The molecule has 0 N–H and O–H groups in total. The molecule has 3 heteroatoms. The molecule has 0 saturated carbocycles. The smallest absolute Gasteiger partial charge is 0.211 e. The molecule has 16 heavy (non-hydrogen) atoms. The lowest BCUT2D eigenvalue weighted by molar-refractivity contribution is 0.103. The molecule has 0 bridgehead atoms. The van der Waals surface area contributed by atoms with E-state index in [4.69, 9.17) is 0 Å². The standard InChI is InChI=1S/C13H10INO/c1-9-6-10(8-11(14)7-9)13(16)12-4-2-3-5-15-12/h2-8H,1H3. The van der Waals surface area contributed by atoms with Gasteiger partial charge in [-0.1, -0.05) is 6.07 Å². The first-order chi connectivity index (χ1) is 7.66. The van der Waals surface area contributed by atoms with Gasteiger partial charge in [0, 0.05) is 15.3 Å². The van der Waals surface area contributed by atoms with Crippen molar-refractivity contribution in [2.24, 2.45) is 0 Å². The van der Waals surface area contributed by atoms with Gasteiger partial charge in [0.25, 0.3) is 0 Å². The molecule has 0 amide bonds. The third-order valence-electron chi connectivity index (χ3n) is 2.20. The molecule has 0 unspecified atom stereocenters. The number of ketones is 1. The molecular formula is C13H10INO. The molecule has 0 fully saturated rings. The lowest BCUT2D eigenvalue weighted by Gasteiger charge is -2.02. The highest BCUT2D eigenvalue weighted by molar-refractivity contribution is 14.1. The van der Waals surface area contributed by atoms with Gasteiger partial charge < -0.3 is 0 Å². The van der Waals surface area contributed by atoms with Gasteiger partial charge in [0.05, 0.1) is 0 Å². The van der Waals surface area contributed by atoms with Crippen molar-refractivity contribution in [3.8, 4) is 0 Å². The molecule has 2 aromatic rings. The average Bonchev–Trinajstić information content (AvgIpc) is 2.28. The summed E-state index contributed by atoms with van der Waals surface area (Å²) in [5.41, 5.74) is 2.28. The van der Waals surface area contributed by atoms with Gasteiger partial charge in [-0.25, -0.2) is 0 Å². The highest BCUT2D eigenvalue weighted by Gasteiger charge is 2.10. The maximum atomic E-state index is 12.1. The molecule has 2 rings (SSSR count). The minimum Gasteiger partial charge on any atom is -0.287 e. The van der Waals surface area contributed by atoms with Gasteiger partial charge >= 0.3 is 0 Å². The van der Waals surface area contributed by atoms with Gasteiger partial charge in [0.2, 0.25) is 5.78 Å². The number of carbonyl (C=O) groups excluding carboxylic acids is 1. The zero-order chi connectivity index (χ0) is 11.5. The second-order valence-electron chi connectivity index (χ2n) is 3.56. The number of rotatable bonds is 2. The number of hydrogen-bond donors (Lipinski definition) is 0. The first kappa shape index (κ1) is 11.3. The molecule has 0 aliphatic heterocycles. The quantitative estimate of drug-likeness (QED) is 0.627. The summed E-state index contributed by atoms with van der Waals surface area (Å²) in [7, 11) is 0. The fourth-order valence-corrected chi connectivity index (χ4v) is 2.34. The van der Waals surface area contributed by atoms with Crippen LogP contribution in [0, 0.1) is 10.5 Å². The van der Waals surface area contributed by atoms with Gasteiger partial charge in [-0.2, -0.15) is 0 Å². The van der Waals surface area contributed by atoms with Gasteiger partial charge in [-0.15, -0.1) is 0 Å². The van der Waals surface area contributed by atoms with E-state index in [1.165, 1.54) is 0 Å². The fraction of sp³-hybridized carbons (Fsp3) is 0.0769. The molecule has 80 valence electrons. The van der Waals surface area contributed by atoms with Crippen LogP contribution < -0.4 is 0 Å². The summed E-state index contributed by atoms with van der Waals surface area (Å²) in [6.07, 6.45) is 1.63. The van der Waals surface area contributed by atoms with E-state index >= 15 is 0 Å².